The smallest absolute Gasteiger partial charge is 0.330 e. The maximum absolute atomic E-state index is 13.1. The van der Waals surface area contributed by atoms with Crippen LogP contribution in [-0.4, -0.2) is 50.2 Å². The van der Waals surface area contributed by atoms with Gasteiger partial charge in [-0.05, 0) is 61.9 Å². The predicted molar refractivity (Wildman–Crippen MR) is 123 cm³/mol. The third kappa shape index (κ3) is 6.70. The van der Waals surface area contributed by atoms with Crippen molar-refractivity contribution in [3.8, 4) is 11.5 Å². The Morgan fingerprint density at radius 2 is 1.58 bits per heavy atom. The second-order valence-corrected chi connectivity index (χ2v) is 10.4. The molecule has 0 radical (unpaired) electrons. The van der Waals surface area contributed by atoms with Crippen LogP contribution in [0.25, 0.3) is 6.08 Å². The normalized spacial score (nSPS) is 12.1. The van der Waals surface area contributed by atoms with Crippen molar-refractivity contribution in [2.75, 3.05) is 26.1 Å². The van der Waals surface area contributed by atoms with Crippen molar-refractivity contribution in [2.45, 2.75) is 29.7 Å². The highest BCUT2D eigenvalue weighted by atomic mass is 32.2. The number of hydrogen-bond acceptors (Lipinski definition) is 8. The van der Waals surface area contributed by atoms with E-state index >= 15 is 0 Å². The summed E-state index contributed by atoms with van der Waals surface area (Å²) in [4.78, 5) is 11.2. The molecule has 33 heavy (non-hydrogen) atoms. The van der Waals surface area contributed by atoms with Gasteiger partial charge in [0.25, 0.3) is 10.0 Å². The Bertz CT molecular complexity index is 1240. The van der Waals surface area contributed by atoms with Gasteiger partial charge in [0.05, 0.1) is 26.2 Å². The van der Waals surface area contributed by atoms with Crippen molar-refractivity contribution in [1.29, 1.82) is 0 Å². The second kappa shape index (κ2) is 10.7. The summed E-state index contributed by atoms with van der Waals surface area (Å²) in [6.07, 6.45) is 2.50. The quantitative estimate of drug-likeness (QED) is 0.376. The van der Waals surface area contributed by atoms with Gasteiger partial charge in [-0.1, -0.05) is 0 Å². The molecule has 0 aliphatic heterocycles. The lowest BCUT2D eigenvalue weighted by Gasteiger charge is -2.16. The Morgan fingerprint density at radius 3 is 2.09 bits per heavy atom. The van der Waals surface area contributed by atoms with Crippen molar-refractivity contribution in [2.24, 2.45) is 0 Å². The molecule has 0 heterocycles. The van der Waals surface area contributed by atoms with E-state index in [9.17, 15) is 21.6 Å². The molecule has 0 spiro atoms. The zero-order chi connectivity index (χ0) is 24.8. The van der Waals surface area contributed by atoms with E-state index in [0.29, 0.717) is 5.56 Å². The number of anilines is 1. The minimum Gasteiger partial charge on any atom is -0.493 e. The molecule has 0 fully saturated rings. The first-order valence-electron chi connectivity index (χ1n) is 9.60. The van der Waals surface area contributed by atoms with Crippen LogP contribution in [0, 0.1) is 0 Å². The van der Waals surface area contributed by atoms with Gasteiger partial charge in [0.2, 0.25) is 10.0 Å². The molecule has 180 valence electrons. The zero-order valence-electron chi connectivity index (χ0n) is 18.8. The molecular formula is C21H26N2O8S2. The highest BCUT2D eigenvalue weighted by molar-refractivity contribution is 7.92. The molecule has 0 atom stereocenters. The molecular weight excluding hydrogens is 472 g/mol. The average Bonchev–Trinajstić information content (AvgIpc) is 2.75. The van der Waals surface area contributed by atoms with Gasteiger partial charge in [0, 0.05) is 17.8 Å². The third-order valence-electron chi connectivity index (χ3n) is 4.18. The summed E-state index contributed by atoms with van der Waals surface area (Å²) in [5.74, 6) is -0.527. The van der Waals surface area contributed by atoms with E-state index in [1.807, 2.05) is 0 Å². The van der Waals surface area contributed by atoms with Gasteiger partial charge in [0.1, 0.15) is 4.90 Å². The minimum absolute atomic E-state index is 0.00616. The Hall–Kier alpha value is -3.09. The fourth-order valence-corrected chi connectivity index (χ4v) is 5.30. The van der Waals surface area contributed by atoms with E-state index < -0.39 is 26.0 Å². The maximum Gasteiger partial charge on any atom is 0.330 e. The van der Waals surface area contributed by atoms with E-state index in [1.165, 1.54) is 63.8 Å². The molecule has 2 aromatic carbocycles. The largest absolute Gasteiger partial charge is 0.493 e. The van der Waals surface area contributed by atoms with Crippen molar-refractivity contribution < 1.29 is 35.8 Å². The molecule has 10 nitrogen and oxygen atoms in total. The van der Waals surface area contributed by atoms with Crippen molar-refractivity contribution in [3.05, 3.63) is 48.0 Å². The molecule has 2 N–H and O–H groups in total. The first-order chi connectivity index (χ1) is 15.4. The van der Waals surface area contributed by atoms with Crippen LogP contribution in [0.2, 0.25) is 0 Å². The standard InChI is InChI=1S/C21H26N2O8S2/c1-14(2)22-32(25,26)17-9-7-16(8-10-17)23-33(27,28)19-13-15(6-11-20(24)30-4)12-18(29-3)21(19)31-5/h6-14,22-23H,1-5H3/b11-6+. The van der Waals surface area contributed by atoms with E-state index in [2.05, 4.69) is 14.2 Å². The molecule has 0 aliphatic carbocycles. The van der Waals surface area contributed by atoms with Crippen LogP contribution >= 0.6 is 0 Å². The van der Waals surface area contributed by atoms with E-state index in [4.69, 9.17) is 9.47 Å². The van der Waals surface area contributed by atoms with Gasteiger partial charge in [-0.3, -0.25) is 4.72 Å². The number of esters is 1. The van der Waals surface area contributed by atoms with Gasteiger partial charge < -0.3 is 14.2 Å². The van der Waals surface area contributed by atoms with E-state index in [0.717, 1.165) is 6.08 Å². The molecule has 0 amide bonds. The number of ether oxygens (including phenoxy) is 3. The fourth-order valence-electron chi connectivity index (χ4n) is 2.77. The van der Waals surface area contributed by atoms with Gasteiger partial charge in [0.15, 0.2) is 11.5 Å². The molecule has 0 saturated carbocycles. The molecule has 0 aromatic heterocycles. The molecule has 0 unspecified atom stereocenters. The zero-order valence-corrected chi connectivity index (χ0v) is 20.4. The molecule has 0 saturated heterocycles. The van der Waals surface area contributed by atoms with Crippen molar-refractivity contribution in [1.82, 2.24) is 4.72 Å². The Labute approximate surface area is 193 Å². The van der Waals surface area contributed by atoms with Gasteiger partial charge in [-0.2, -0.15) is 0 Å². The van der Waals surface area contributed by atoms with Crippen LogP contribution < -0.4 is 18.9 Å². The Kier molecular flexibility index (Phi) is 8.47. The molecule has 12 heteroatoms. The Morgan fingerprint density at radius 1 is 0.939 bits per heavy atom. The number of sulfonamides is 2. The summed E-state index contributed by atoms with van der Waals surface area (Å²) in [5.41, 5.74) is 0.481. The van der Waals surface area contributed by atoms with Gasteiger partial charge in [-0.25, -0.2) is 26.4 Å². The highest BCUT2D eigenvalue weighted by Crippen LogP contribution is 2.37. The number of benzene rings is 2. The summed E-state index contributed by atoms with van der Waals surface area (Å²) in [6, 6.07) is 7.74. The molecule has 0 bridgehead atoms. The summed E-state index contributed by atoms with van der Waals surface area (Å²) >= 11 is 0. The molecule has 2 rings (SSSR count). The molecule has 2 aromatic rings. The van der Waals surface area contributed by atoms with Crippen LogP contribution in [0.5, 0.6) is 11.5 Å². The van der Waals surface area contributed by atoms with Gasteiger partial charge >= 0.3 is 5.97 Å². The number of nitrogens with one attached hydrogen (secondary N) is 2. The summed E-state index contributed by atoms with van der Waals surface area (Å²) in [6.45, 7) is 3.38. The highest BCUT2D eigenvalue weighted by Gasteiger charge is 2.24. The number of carbonyl (C=O) groups is 1. The monoisotopic (exact) mass is 498 g/mol. The van der Waals surface area contributed by atoms with Crippen LogP contribution in [0.4, 0.5) is 5.69 Å². The summed E-state index contributed by atoms with van der Waals surface area (Å²) in [5, 5.41) is 0. The topological polar surface area (TPSA) is 137 Å². The molecule has 0 aliphatic rings. The van der Waals surface area contributed by atoms with E-state index in [1.54, 1.807) is 13.8 Å². The van der Waals surface area contributed by atoms with E-state index in [-0.39, 0.29) is 33.0 Å². The number of hydrogen-bond donors (Lipinski definition) is 2. The minimum atomic E-state index is -4.19. The third-order valence-corrected chi connectivity index (χ3v) is 7.24. The predicted octanol–water partition coefficient (Wildman–Crippen LogP) is 2.38. The van der Waals surface area contributed by atoms with Crippen LogP contribution in [0.3, 0.4) is 0 Å². The van der Waals surface area contributed by atoms with Crippen LogP contribution in [-0.2, 0) is 29.6 Å². The maximum atomic E-state index is 13.1. The number of methoxy groups -OCH3 is 3. The fraction of sp³-hybridized carbons (Fsp3) is 0.286. The average molecular weight is 499 g/mol. The number of rotatable bonds is 10. The summed E-state index contributed by atoms with van der Waals surface area (Å²) in [7, 11) is -4.06. The van der Waals surface area contributed by atoms with Crippen LogP contribution in [0.1, 0.15) is 19.4 Å². The Balaban J connectivity index is 2.44. The van der Waals surface area contributed by atoms with Crippen LogP contribution in [0.15, 0.2) is 52.3 Å². The second-order valence-electron chi connectivity index (χ2n) is 7.02. The first-order valence-corrected chi connectivity index (χ1v) is 12.6. The lowest BCUT2D eigenvalue weighted by molar-refractivity contribution is -0.134. The lowest BCUT2D eigenvalue weighted by atomic mass is 10.2. The number of carbonyl (C=O) groups excluding carboxylic acids is 1. The van der Waals surface area contributed by atoms with Crippen molar-refractivity contribution in [3.63, 3.8) is 0 Å². The van der Waals surface area contributed by atoms with Crippen molar-refractivity contribution >= 4 is 37.8 Å². The SMILES string of the molecule is COC(=O)/C=C/c1cc(OC)c(OC)c(S(=O)(=O)Nc2ccc(S(=O)(=O)NC(C)C)cc2)c1. The van der Waals surface area contributed by atoms with Gasteiger partial charge in [-0.15, -0.1) is 0 Å². The lowest BCUT2D eigenvalue weighted by Crippen LogP contribution is -2.30. The summed E-state index contributed by atoms with van der Waals surface area (Å²) < 4.78 is 70.7. The first kappa shape index (κ1) is 26.2.